The van der Waals surface area contributed by atoms with E-state index in [0.717, 1.165) is 25.8 Å². The molecular weight excluding hydrogens is 309 g/mol. The Hall–Kier alpha value is -2.24. The molecular formula is C18H20FN3O2. The SMILES string of the molecule is C[C@@H]1C[C@H]1C(=O)N1CCC[C@H](c2nc(-c3cccc(F)c3)no2)C1. The Labute approximate surface area is 139 Å². The van der Waals surface area contributed by atoms with Crippen LogP contribution in [0.4, 0.5) is 4.39 Å². The highest BCUT2D eigenvalue weighted by atomic mass is 19.1. The van der Waals surface area contributed by atoms with Crippen LogP contribution in [0, 0.1) is 17.7 Å². The van der Waals surface area contributed by atoms with Gasteiger partial charge in [0.1, 0.15) is 5.82 Å². The molecule has 1 aliphatic heterocycles. The number of hydrogen-bond acceptors (Lipinski definition) is 4. The minimum Gasteiger partial charge on any atom is -0.342 e. The first-order valence-corrected chi connectivity index (χ1v) is 8.50. The maximum absolute atomic E-state index is 13.3. The van der Waals surface area contributed by atoms with E-state index in [1.807, 2.05) is 4.90 Å². The summed E-state index contributed by atoms with van der Waals surface area (Å²) in [5, 5.41) is 3.98. The number of amides is 1. The van der Waals surface area contributed by atoms with Crippen molar-refractivity contribution in [3.63, 3.8) is 0 Å². The number of carbonyl (C=O) groups is 1. The van der Waals surface area contributed by atoms with Crippen molar-refractivity contribution in [3.05, 3.63) is 36.0 Å². The topological polar surface area (TPSA) is 59.2 Å². The normalized spacial score (nSPS) is 26.4. The van der Waals surface area contributed by atoms with E-state index < -0.39 is 0 Å². The zero-order chi connectivity index (χ0) is 16.7. The van der Waals surface area contributed by atoms with Crippen molar-refractivity contribution < 1.29 is 13.7 Å². The van der Waals surface area contributed by atoms with Crippen LogP contribution in [0.5, 0.6) is 0 Å². The molecule has 1 aromatic heterocycles. The highest BCUT2D eigenvalue weighted by molar-refractivity contribution is 5.81. The molecule has 3 atom stereocenters. The van der Waals surface area contributed by atoms with Crippen LogP contribution in [-0.4, -0.2) is 34.0 Å². The Bertz CT molecular complexity index is 760. The molecule has 2 heterocycles. The lowest BCUT2D eigenvalue weighted by atomic mass is 9.97. The van der Waals surface area contributed by atoms with Gasteiger partial charge in [-0.3, -0.25) is 4.79 Å². The quantitative estimate of drug-likeness (QED) is 0.867. The van der Waals surface area contributed by atoms with Gasteiger partial charge in [0.2, 0.25) is 17.6 Å². The molecule has 4 rings (SSSR count). The Kier molecular flexibility index (Phi) is 3.82. The second kappa shape index (κ2) is 6.00. The number of halogens is 1. The molecule has 2 aromatic rings. The molecule has 1 amide bonds. The van der Waals surface area contributed by atoms with E-state index >= 15 is 0 Å². The molecule has 0 N–H and O–H groups in total. The smallest absolute Gasteiger partial charge is 0.231 e. The maximum atomic E-state index is 13.3. The van der Waals surface area contributed by atoms with Gasteiger partial charge in [0.15, 0.2) is 0 Å². The van der Waals surface area contributed by atoms with Crippen molar-refractivity contribution in [2.75, 3.05) is 13.1 Å². The third kappa shape index (κ3) is 2.92. The van der Waals surface area contributed by atoms with E-state index in [1.54, 1.807) is 12.1 Å². The summed E-state index contributed by atoms with van der Waals surface area (Å²) in [7, 11) is 0. The van der Waals surface area contributed by atoms with Crippen LogP contribution in [0.2, 0.25) is 0 Å². The highest BCUT2D eigenvalue weighted by Crippen LogP contribution is 2.40. The van der Waals surface area contributed by atoms with Crippen molar-refractivity contribution in [2.45, 2.75) is 32.1 Å². The fourth-order valence-electron chi connectivity index (χ4n) is 3.43. The Balaban J connectivity index is 1.48. The van der Waals surface area contributed by atoms with Gasteiger partial charge in [0, 0.05) is 24.6 Å². The molecule has 0 unspecified atom stereocenters. The Morgan fingerprint density at radius 1 is 1.42 bits per heavy atom. The fraction of sp³-hybridized carbons (Fsp3) is 0.500. The summed E-state index contributed by atoms with van der Waals surface area (Å²) in [6.07, 6.45) is 2.87. The molecule has 6 heteroatoms. The largest absolute Gasteiger partial charge is 0.342 e. The molecule has 0 radical (unpaired) electrons. The Morgan fingerprint density at radius 2 is 2.25 bits per heavy atom. The number of aromatic nitrogens is 2. The van der Waals surface area contributed by atoms with Gasteiger partial charge < -0.3 is 9.42 Å². The van der Waals surface area contributed by atoms with Crippen molar-refractivity contribution in [1.82, 2.24) is 15.0 Å². The molecule has 5 nitrogen and oxygen atoms in total. The standard InChI is InChI=1S/C18H20FN3O2/c1-11-8-15(11)18(23)22-7-3-5-13(10-22)17-20-16(21-24-17)12-4-2-6-14(19)9-12/h2,4,6,9,11,13,15H,3,5,7-8,10H2,1H3/t11-,13+,15-/m1/s1. The summed E-state index contributed by atoms with van der Waals surface area (Å²) in [6, 6.07) is 6.15. The number of hydrogen-bond donors (Lipinski definition) is 0. The van der Waals surface area contributed by atoms with Gasteiger partial charge in [-0.2, -0.15) is 4.98 Å². The first kappa shape index (κ1) is 15.3. The zero-order valence-electron chi connectivity index (χ0n) is 13.6. The predicted molar refractivity (Wildman–Crippen MR) is 85.5 cm³/mol. The second-order valence-corrected chi connectivity index (χ2v) is 6.91. The lowest BCUT2D eigenvalue weighted by molar-refractivity contribution is -0.134. The van der Waals surface area contributed by atoms with Crippen LogP contribution in [0.15, 0.2) is 28.8 Å². The van der Waals surface area contributed by atoms with Crippen LogP contribution in [0.3, 0.4) is 0 Å². The number of benzene rings is 1. The highest BCUT2D eigenvalue weighted by Gasteiger charge is 2.42. The van der Waals surface area contributed by atoms with E-state index in [1.165, 1.54) is 12.1 Å². The molecule has 126 valence electrons. The van der Waals surface area contributed by atoms with Crippen LogP contribution < -0.4 is 0 Å². The Morgan fingerprint density at radius 3 is 3.00 bits per heavy atom. The molecule has 2 fully saturated rings. The minimum absolute atomic E-state index is 0.0616. The van der Waals surface area contributed by atoms with Crippen molar-refractivity contribution in [1.29, 1.82) is 0 Å². The van der Waals surface area contributed by atoms with E-state index in [0.29, 0.717) is 29.7 Å². The van der Waals surface area contributed by atoms with Gasteiger partial charge in [-0.1, -0.05) is 24.2 Å². The zero-order valence-corrected chi connectivity index (χ0v) is 13.6. The average molecular weight is 329 g/mol. The summed E-state index contributed by atoms with van der Waals surface area (Å²) < 4.78 is 18.7. The number of nitrogens with zero attached hydrogens (tertiary/aromatic N) is 3. The summed E-state index contributed by atoms with van der Waals surface area (Å²) >= 11 is 0. The fourth-order valence-corrected chi connectivity index (χ4v) is 3.43. The monoisotopic (exact) mass is 329 g/mol. The predicted octanol–water partition coefficient (Wildman–Crippen LogP) is 3.24. The second-order valence-electron chi connectivity index (χ2n) is 6.91. The maximum Gasteiger partial charge on any atom is 0.231 e. The van der Waals surface area contributed by atoms with Gasteiger partial charge in [-0.25, -0.2) is 4.39 Å². The van der Waals surface area contributed by atoms with Crippen molar-refractivity contribution in [3.8, 4) is 11.4 Å². The number of rotatable bonds is 3. The van der Waals surface area contributed by atoms with E-state index in [2.05, 4.69) is 17.1 Å². The third-order valence-corrected chi connectivity index (χ3v) is 5.03. The lowest BCUT2D eigenvalue weighted by Crippen LogP contribution is -2.40. The van der Waals surface area contributed by atoms with E-state index in [9.17, 15) is 9.18 Å². The molecule has 1 aromatic carbocycles. The van der Waals surface area contributed by atoms with Crippen LogP contribution in [-0.2, 0) is 4.79 Å². The number of carbonyl (C=O) groups excluding carboxylic acids is 1. The van der Waals surface area contributed by atoms with E-state index in [4.69, 9.17) is 4.52 Å². The molecule has 1 saturated heterocycles. The van der Waals surface area contributed by atoms with Crippen molar-refractivity contribution >= 4 is 5.91 Å². The molecule has 2 aliphatic rings. The molecule has 0 spiro atoms. The molecule has 24 heavy (non-hydrogen) atoms. The summed E-state index contributed by atoms with van der Waals surface area (Å²) in [4.78, 5) is 18.8. The van der Waals surface area contributed by atoms with Gasteiger partial charge >= 0.3 is 0 Å². The lowest BCUT2D eigenvalue weighted by Gasteiger charge is -2.31. The van der Waals surface area contributed by atoms with E-state index in [-0.39, 0.29) is 23.6 Å². The number of piperidine rings is 1. The van der Waals surface area contributed by atoms with Crippen molar-refractivity contribution in [2.24, 2.45) is 11.8 Å². The molecule has 1 saturated carbocycles. The first-order chi connectivity index (χ1) is 11.6. The third-order valence-electron chi connectivity index (χ3n) is 5.03. The summed E-state index contributed by atoms with van der Waals surface area (Å²) in [6.45, 7) is 3.56. The summed E-state index contributed by atoms with van der Waals surface area (Å²) in [5.74, 6) is 1.64. The average Bonchev–Trinajstić information content (AvgIpc) is 3.12. The minimum atomic E-state index is -0.327. The van der Waals surface area contributed by atoms with Gasteiger partial charge in [-0.05, 0) is 37.3 Å². The van der Waals surface area contributed by atoms with Gasteiger partial charge in [0.25, 0.3) is 0 Å². The van der Waals surface area contributed by atoms with Gasteiger partial charge in [-0.15, -0.1) is 0 Å². The summed E-state index contributed by atoms with van der Waals surface area (Å²) in [5.41, 5.74) is 0.598. The molecule has 0 bridgehead atoms. The molecule has 1 aliphatic carbocycles. The van der Waals surface area contributed by atoms with Crippen LogP contribution in [0.1, 0.15) is 38.0 Å². The number of likely N-dealkylation sites (tertiary alicyclic amines) is 1. The van der Waals surface area contributed by atoms with Crippen LogP contribution in [0.25, 0.3) is 11.4 Å². The van der Waals surface area contributed by atoms with Gasteiger partial charge in [0.05, 0.1) is 5.92 Å². The first-order valence-electron chi connectivity index (χ1n) is 8.50. The van der Waals surface area contributed by atoms with Crippen LogP contribution >= 0.6 is 0 Å².